The van der Waals surface area contributed by atoms with Crippen LogP contribution in [-0.4, -0.2) is 37.3 Å². The molecule has 2 aliphatic rings. The normalized spacial score (nSPS) is 32.8. The Kier molecular flexibility index (Phi) is 5.46. The third-order valence-corrected chi connectivity index (χ3v) is 5.09. The van der Waals surface area contributed by atoms with Gasteiger partial charge in [0, 0.05) is 13.2 Å². The van der Waals surface area contributed by atoms with Gasteiger partial charge in [0.05, 0.1) is 6.10 Å². The molecule has 0 bridgehead atoms. The Morgan fingerprint density at radius 3 is 2.38 bits per heavy atom. The van der Waals surface area contributed by atoms with Crippen molar-refractivity contribution in [3.05, 3.63) is 0 Å². The molecule has 0 radical (unpaired) electrons. The number of methoxy groups -OCH3 is 1. The van der Waals surface area contributed by atoms with E-state index in [9.17, 15) is 0 Å². The van der Waals surface area contributed by atoms with E-state index in [0.717, 1.165) is 12.0 Å². The molecule has 1 heterocycles. The van der Waals surface area contributed by atoms with Gasteiger partial charge in [-0.05, 0) is 62.5 Å². The van der Waals surface area contributed by atoms with E-state index in [2.05, 4.69) is 17.1 Å². The first-order chi connectivity index (χ1) is 7.88. The number of ether oxygens (including phenoxy) is 1. The van der Waals surface area contributed by atoms with Gasteiger partial charge in [0.15, 0.2) is 0 Å². The highest BCUT2D eigenvalue weighted by Crippen LogP contribution is 2.24. The molecular weight excluding hydrogens is 218 g/mol. The summed E-state index contributed by atoms with van der Waals surface area (Å²) in [4.78, 5) is 0. The second-order valence-corrected chi connectivity index (χ2v) is 6.40. The number of hydrogen-bond acceptors (Lipinski definition) is 3. The summed E-state index contributed by atoms with van der Waals surface area (Å²) in [6, 6.07) is 0.765. The van der Waals surface area contributed by atoms with E-state index in [0.29, 0.717) is 6.10 Å². The monoisotopic (exact) mass is 243 g/mol. The van der Waals surface area contributed by atoms with Crippen molar-refractivity contribution < 1.29 is 4.74 Å². The molecule has 1 saturated carbocycles. The summed E-state index contributed by atoms with van der Waals surface area (Å²) >= 11 is 2.12. The minimum atomic E-state index is 0.532. The van der Waals surface area contributed by atoms with Gasteiger partial charge in [-0.25, -0.2) is 0 Å². The first kappa shape index (κ1) is 12.7. The zero-order valence-electron chi connectivity index (χ0n) is 10.4. The maximum absolute atomic E-state index is 5.40. The average Bonchev–Trinajstić information content (AvgIpc) is 2.38. The van der Waals surface area contributed by atoms with Gasteiger partial charge in [-0.3, -0.25) is 0 Å². The summed E-state index contributed by atoms with van der Waals surface area (Å²) < 4.78 is 5.40. The number of rotatable bonds is 4. The van der Waals surface area contributed by atoms with Crippen LogP contribution < -0.4 is 5.32 Å². The lowest BCUT2D eigenvalue weighted by Crippen LogP contribution is -2.38. The first-order valence-electron chi connectivity index (χ1n) is 6.72. The van der Waals surface area contributed by atoms with Gasteiger partial charge >= 0.3 is 0 Å². The maximum Gasteiger partial charge on any atom is 0.0572 e. The van der Waals surface area contributed by atoms with Crippen LogP contribution in [0.5, 0.6) is 0 Å². The minimum Gasteiger partial charge on any atom is -0.381 e. The third kappa shape index (κ3) is 3.94. The molecule has 0 spiro atoms. The summed E-state index contributed by atoms with van der Waals surface area (Å²) in [7, 11) is 1.85. The van der Waals surface area contributed by atoms with Crippen molar-refractivity contribution in [3.8, 4) is 0 Å². The highest BCUT2D eigenvalue weighted by Gasteiger charge is 2.21. The molecule has 2 fully saturated rings. The third-order valence-electron chi connectivity index (χ3n) is 4.04. The van der Waals surface area contributed by atoms with Crippen molar-refractivity contribution in [2.24, 2.45) is 5.92 Å². The molecule has 0 amide bonds. The molecule has 0 unspecified atom stereocenters. The Labute approximate surface area is 104 Å². The van der Waals surface area contributed by atoms with E-state index in [4.69, 9.17) is 4.74 Å². The van der Waals surface area contributed by atoms with Gasteiger partial charge in [-0.15, -0.1) is 0 Å². The van der Waals surface area contributed by atoms with Crippen molar-refractivity contribution in [3.63, 3.8) is 0 Å². The lowest BCUT2D eigenvalue weighted by molar-refractivity contribution is 0.0620. The van der Waals surface area contributed by atoms with Crippen molar-refractivity contribution in [2.75, 3.05) is 25.2 Å². The molecule has 2 rings (SSSR count). The average molecular weight is 243 g/mol. The van der Waals surface area contributed by atoms with Gasteiger partial charge in [0.2, 0.25) is 0 Å². The molecule has 0 aromatic carbocycles. The van der Waals surface area contributed by atoms with Crippen LogP contribution in [0.4, 0.5) is 0 Å². The molecule has 1 aliphatic carbocycles. The standard InChI is InChI=1S/C13H25NOS/c1-15-13-4-2-12(3-5-13)14-10-11-6-8-16-9-7-11/h11-14H,2-10H2,1H3. The van der Waals surface area contributed by atoms with Crippen LogP contribution in [-0.2, 0) is 4.74 Å². The molecule has 0 aromatic rings. The molecule has 0 atom stereocenters. The zero-order valence-corrected chi connectivity index (χ0v) is 11.2. The maximum atomic E-state index is 5.40. The van der Waals surface area contributed by atoms with Crippen LogP contribution in [0.15, 0.2) is 0 Å². The van der Waals surface area contributed by atoms with Crippen molar-refractivity contribution in [1.82, 2.24) is 5.32 Å². The fourth-order valence-corrected chi connectivity index (χ4v) is 3.99. The quantitative estimate of drug-likeness (QED) is 0.820. The Morgan fingerprint density at radius 1 is 1.06 bits per heavy atom. The summed E-state index contributed by atoms with van der Waals surface area (Å²) in [5.74, 6) is 3.70. The van der Waals surface area contributed by atoms with Crippen LogP contribution in [0.2, 0.25) is 0 Å². The van der Waals surface area contributed by atoms with Gasteiger partial charge in [0.1, 0.15) is 0 Å². The molecule has 2 nitrogen and oxygen atoms in total. The van der Waals surface area contributed by atoms with Crippen molar-refractivity contribution in [1.29, 1.82) is 0 Å². The zero-order chi connectivity index (χ0) is 11.2. The van der Waals surface area contributed by atoms with Crippen LogP contribution in [0, 0.1) is 5.92 Å². The van der Waals surface area contributed by atoms with Crippen molar-refractivity contribution in [2.45, 2.75) is 50.7 Å². The fraction of sp³-hybridized carbons (Fsp3) is 1.00. The highest BCUT2D eigenvalue weighted by atomic mass is 32.2. The Hall–Kier alpha value is 0.270. The number of hydrogen-bond donors (Lipinski definition) is 1. The van der Waals surface area contributed by atoms with E-state index >= 15 is 0 Å². The van der Waals surface area contributed by atoms with E-state index in [1.54, 1.807) is 0 Å². The highest BCUT2D eigenvalue weighted by molar-refractivity contribution is 7.99. The molecule has 0 aromatic heterocycles. The Morgan fingerprint density at radius 2 is 1.75 bits per heavy atom. The van der Waals surface area contributed by atoms with Crippen LogP contribution in [0.3, 0.4) is 0 Å². The largest absolute Gasteiger partial charge is 0.381 e. The number of nitrogens with one attached hydrogen (secondary N) is 1. The predicted molar refractivity (Wildman–Crippen MR) is 71.1 cm³/mol. The van der Waals surface area contributed by atoms with Gasteiger partial charge in [-0.2, -0.15) is 11.8 Å². The van der Waals surface area contributed by atoms with Crippen LogP contribution >= 0.6 is 11.8 Å². The Balaban J connectivity index is 1.59. The lowest BCUT2D eigenvalue weighted by atomic mass is 9.92. The second kappa shape index (κ2) is 6.87. The van der Waals surface area contributed by atoms with Crippen molar-refractivity contribution >= 4 is 11.8 Å². The fourth-order valence-electron chi connectivity index (χ4n) is 2.79. The van der Waals surface area contributed by atoms with E-state index in [-0.39, 0.29) is 0 Å². The van der Waals surface area contributed by atoms with Crippen LogP contribution in [0.25, 0.3) is 0 Å². The van der Waals surface area contributed by atoms with Gasteiger partial charge < -0.3 is 10.1 Å². The predicted octanol–water partition coefficient (Wildman–Crippen LogP) is 2.68. The lowest BCUT2D eigenvalue weighted by Gasteiger charge is -2.30. The van der Waals surface area contributed by atoms with E-state index in [1.165, 1.54) is 56.6 Å². The molecule has 94 valence electrons. The second-order valence-electron chi connectivity index (χ2n) is 5.17. The van der Waals surface area contributed by atoms with Crippen LogP contribution in [0.1, 0.15) is 38.5 Å². The minimum absolute atomic E-state index is 0.532. The molecule has 1 aliphatic heterocycles. The molecule has 1 N–H and O–H groups in total. The molecule has 3 heteroatoms. The molecular formula is C13H25NOS. The van der Waals surface area contributed by atoms with Gasteiger partial charge in [-0.1, -0.05) is 0 Å². The SMILES string of the molecule is COC1CCC(NCC2CCSCC2)CC1. The Bertz CT molecular complexity index is 186. The smallest absolute Gasteiger partial charge is 0.0572 e. The topological polar surface area (TPSA) is 21.3 Å². The summed E-state index contributed by atoms with van der Waals surface area (Å²) in [5.41, 5.74) is 0. The summed E-state index contributed by atoms with van der Waals surface area (Å²) in [6.45, 7) is 1.25. The molecule has 1 saturated heterocycles. The summed E-state index contributed by atoms with van der Waals surface area (Å²) in [5, 5.41) is 3.77. The number of thioether (sulfide) groups is 1. The first-order valence-corrected chi connectivity index (χ1v) is 7.88. The van der Waals surface area contributed by atoms with Gasteiger partial charge in [0.25, 0.3) is 0 Å². The van der Waals surface area contributed by atoms with E-state index < -0.39 is 0 Å². The van der Waals surface area contributed by atoms with E-state index in [1.807, 2.05) is 7.11 Å². The molecule has 16 heavy (non-hydrogen) atoms. The summed E-state index contributed by atoms with van der Waals surface area (Å²) in [6.07, 6.45) is 8.48.